The molecule has 1 aromatic carbocycles. The molecule has 0 radical (unpaired) electrons. The van der Waals surface area contributed by atoms with Crippen molar-refractivity contribution in [2.45, 2.75) is 13.8 Å². The molecule has 5 heteroatoms. The zero-order valence-electron chi connectivity index (χ0n) is 13.0. The van der Waals surface area contributed by atoms with Crippen LogP contribution >= 0.6 is 0 Å². The Hall–Kier alpha value is -2.43. The number of rotatable bonds is 3. The van der Waals surface area contributed by atoms with Crippen molar-refractivity contribution in [3.8, 4) is 0 Å². The number of carbonyl (C=O) groups excluding carboxylic acids is 1. The van der Waals surface area contributed by atoms with E-state index in [9.17, 15) is 4.79 Å². The number of para-hydroxylation sites is 1. The second-order valence-corrected chi connectivity index (χ2v) is 5.53. The molecule has 1 aromatic heterocycles. The summed E-state index contributed by atoms with van der Waals surface area (Å²) in [5.41, 5.74) is 2.61. The van der Waals surface area contributed by atoms with Gasteiger partial charge in [0.2, 0.25) is 5.95 Å². The summed E-state index contributed by atoms with van der Waals surface area (Å²) in [6.45, 7) is 7.06. The number of ketones is 1. The van der Waals surface area contributed by atoms with Crippen molar-refractivity contribution in [2.24, 2.45) is 0 Å². The highest BCUT2D eigenvalue weighted by Gasteiger charge is 2.20. The molecule has 5 nitrogen and oxygen atoms in total. The van der Waals surface area contributed by atoms with Crippen molar-refractivity contribution in [3.05, 3.63) is 47.8 Å². The number of aryl methyl sites for hydroxylation is 1. The summed E-state index contributed by atoms with van der Waals surface area (Å²) in [5.74, 6) is 0.730. The van der Waals surface area contributed by atoms with E-state index in [1.807, 2.05) is 13.0 Å². The van der Waals surface area contributed by atoms with Crippen LogP contribution in [0.15, 0.2) is 36.5 Å². The molecular formula is C17H20N4O. The van der Waals surface area contributed by atoms with Crippen LogP contribution in [0.2, 0.25) is 0 Å². The highest BCUT2D eigenvalue weighted by molar-refractivity contribution is 5.94. The van der Waals surface area contributed by atoms with Crippen molar-refractivity contribution < 1.29 is 4.79 Å². The molecule has 1 aliphatic rings. The average Bonchev–Trinajstić information content (AvgIpc) is 2.55. The van der Waals surface area contributed by atoms with E-state index in [-0.39, 0.29) is 5.78 Å². The number of Topliss-reactive ketones (excluding diaryl/α,β-unsaturated/α-hetero) is 1. The van der Waals surface area contributed by atoms with Crippen molar-refractivity contribution >= 4 is 17.4 Å². The Morgan fingerprint density at radius 1 is 1.05 bits per heavy atom. The highest BCUT2D eigenvalue weighted by Crippen LogP contribution is 2.18. The Balaban J connectivity index is 1.69. The summed E-state index contributed by atoms with van der Waals surface area (Å²) in [5, 5.41) is 0. The maximum atomic E-state index is 11.5. The molecule has 114 valence electrons. The fourth-order valence-corrected chi connectivity index (χ4v) is 2.76. The van der Waals surface area contributed by atoms with Crippen LogP contribution in [0.5, 0.6) is 0 Å². The molecule has 0 bridgehead atoms. The zero-order chi connectivity index (χ0) is 15.5. The number of benzene rings is 1. The Morgan fingerprint density at radius 2 is 1.68 bits per heavy atom. The van der Waals surface area contributed by atoms with Gasteiger partial charge in [0, 0.05) is 38.1 Å². The predicted molar refractivity (Wildman–Crippen MR) is 87.6 cm³/mol. The number of nitrogens with zero attached hydrogens (tertiary/aromatic N) is 4. The van der Waals surface area contributed by atoms with Gasteiger partial charge in [-0.3, -0.25) is 4.79 Å². The monoisotopic (exact) mass is 296 g/mol. The highest BCUT2D eigenvalue weighted by atomic mass is 16.1. The summed E-state index contributed by atoms with van der Waals surface area (Å²) < 4.78 is 0. The van der Waals surface area contributed by atoms with Gasteiger partial charge in [-0.15, -0.1) is 0 Å². The molecule has 0 amide bonds. The van der Waals surface area contributed by atoms with Crippen LogP contribution in [0.3, 0.4) is 0 Å². The minimum atomic E-state index is 0.0120. The van der Waals surface area contributed by atoms with Crippen LogP contribution in [0.25, 0.3) is 0 Å². The first-order chi connectivity index (χ1) is 10.6. The van der Waals surface area contributed by atoms with Crippen molar-refractivity contribution in [1.29, 1.82) is 0 Å². The summed E-state index contributed by atoms with van der Waals surface area (Å²) in [6.07, 6.45) is 1.64. The lowest BCUT2D eigenvalue weighted by Crippen LogP contribution is -2.47. The second kappa shape index (κ2) is 6.13. The van der Waals surface area contributed by atoms with Gasteiger partial charge in [0.05, 0.1) is 11.3 Å². The molecule has 3 rings (SSSR count). The van der Waals surface area contributed by atoms with Gasteiger partial charge in [0.1, 0.15) is 0 Å². The van der Waals surface area contributed by atoms with Gasteiger partial charge in [0.25, 0.3) is 0 Å². The minimum absolute atomic E-state index is 0.0120. The van der Waals surface area contributed by atoms with Crippen molar-refractivity contribution in [3.63, 3.8) is 0 Å². The third-order valence-electron chi connectivity index (χ3n) is 4.03. The van der Waals surface area contributed by atoms with Gasteiger partial charge < -0.3 is 9.80 Å². The molecule has 2 aromatic rings. The first-order valence-corrected chi connectivity index (χ1v) is 7.54. The van der Waals surface area contributed by atoms with Crippen LogP contribution < -0.4 is 9.80 Å². The van der Waals surface area contributed by atoms with Crippen LogP contribution in [-0.2, 0) is 0 Å². The number of piperazine rings is 1. The van der Waals surface area contributed by atoms with Gasteiger partial charge in [-0.25, -0.2) is 9.97 Å². The maximum absolute atomic E-state index is 11.5. The molecule has 0 aliphatic carbocycles. The number of anilines is 2. The molecule has 1 fully saturated rings. The van der Waals surface area contributed by atoms with Crippen LogP contribution in [-0.4, -0.2) is 41.9 Å². The topological polar surface area (TPSA) is 49.3 Å². The van der Waals surface area contributed by atoms with E-state index in [4.69, 9.17) is 0 Å². The molecule has 2 heterocycles. The number of aromatic nitrogens is 2. The standard InChI is InChI=1S/C17H20N4O/c1-13-16(14(2)22)12-18-17(19-13)21-10-8-20(9-11-21)15-6-4-3-5-7-15/h3-7,12H,8-11H2,1-2H3. The van der Waals surface area contributed by atoms with E-state index in [0.717, 1.165) is 37.8 Å². The lowest BCUT2D eigenvalue weighted by molar-refractivity contribution is 0.101. The number of hydrogen-bond donors (Lipinski definition) is 0. The number of carbonyl (C=O) groups is 1. The van der Waals surface area contributed by atoms with Gasteiger partial charge in [-0.2, -0.15) is 0 Å². The van der Waals surface area contributed by atoms with Gasteiger partial charge in [-0.05, 0) is 26.0 Å². The van der Waals surface area contributed by atoms with Crippen LogP contribution in [0, 0.1) is 6.92 Å². The number of hydrogen-bond acceptors (Lipinski definition) is 5. The zero-order valence-corrected chi connectivity index (χ0v) is 13.0. The molecule has 0 N–H and O–H groups in total. The SMILES string of the molecule is CC(=O)c1cnc(N2CCN(c3ccccc3)CC2)nc1C. The molecule has 0 saturated carbocycles. The minimum Gasteiger partial charge on any atom is -0.368 e. The maximum Gasteiger partial charge on any atom is 0.225 e. The van der Waals surface area contributed by atoms with E-state index in [2.05, 4.69) is 44.0 Å². The molecule has 0 unspecified atom stereocenters. The largest absolute Gasteiger partial charge is 0.368 e. The molecule has 0 atom stereocenters. The molecule has 0 spiro atoms. The Bertz CT molecular complexity index is 664. The van der Waals surface area contributed by atoms with E-state index in [0.29, 0.717) is 5.56 Å². The fourth-order valence-electron chi connectivity index (χ4n) is 2.76. The van der Waals surface area contributed by atoms with Gasteiger partial charge in [-0.1, -0.05) is 18.2 Å². The van der Waals surface area contributed by atoms with Gasteiger partial charge in [0.15, 0.2) is 5.78 Å². The Kier molecular flexibility index (Phi) is 4.04. The van der Waals surface area contributed by atoms with Crippen LogP contribution in [0.1, 0.15) is 23.0 Å². The lowest BCUT2D eigenvalue weighted by atomic mass is 10.2. The van der Waals surface area contributed by atoms with Crippen LogP contribution in [0.4, 0.5) is 11.6 Å². The van der Waals surface area contributed by atoms with Gasteiger partial charge >= 0.3 is 0 Å². The predicted octanol–water partition coefficient (Wildman–Crippen LogP) is 2.31. The van der Waals surface area contributed by atoms with E-state index in [1.54, 1.807) is 13.1 Å². The Labute approximate surface area is 130 Å². The molecule has 1 saturated heterocycles. The summed E-state index contributed by atoms with van der Waals surface area (Å²) >= 11 is 0. The molecule has 22 heavy (non-hydrogen) atoms. The smallest absolute Gasteiger partial charge is 0.225 e. The lowest BCUT2D eigenvalue weighted by Gasteiger charge is -2.36. The summed E-state index contributed by atoms with van der Waals surface area (Å²) in [6, 6.07) is 10.4. The third kappa shape index (κ3) is 2.93. The van der Waals surface area contributed by atoms with E-state index < -0.39 is 0 Å². The summed E-state index contributed by atoms with van der Waals surface area (Å²) in [7, 11) is 0. The molecule has 1 aliphatic heterocycles. The first kappa shape index (κ1) is 14.5. The second-order valence-electron chi connectivity index (χ2n) is 5.53. The van der Waals surface area contributed by atoms with Crippen molar-refractivity contribution in [2.75, 3.05) is 36.0 Å². The first-order valence-electron chi connectivity index (χ1n) is 7.54. The fraction of sp³-hybridized carbons (Fsp3) is 0.353. The quantitative estimate of drug-likeness (QED) is 0.814. The Morgan fingerprint density at radius 3 is 2.27 bits per heavy atom. The van der Waals surface area contributed by atoms with E-state index in [1.165, 1.54) is 5.69 Å². The van der Waals surface area contributed by atoms with E-state index >= 15 is 0 Å². The summed E-state index contributed by atoms with van der Waals surface area (Å²) in [4.78, 5) is 24.8. The van der Waals surface area contributed by atoms with Crippen molar-refractivity contribution in [1.82, 2.24) is 9.97 Å². The normalized spacial score (nSPS) is 15.0. The average molecular weight is 296 g/mol. The molecular weight excluding hydrogens is 276 g/mol. The third-order valence-corrected chi connectivity index (χ3v) is 4.03.